The molecule has 1 fully saturated rings. The maximum atomic E-state index is 5.62. The predicted molar refractivity (Wildman–Crippen MR) is 112 cm³/mol. The first kappa shape index (κ1) is 20.2. The van der Waals surface area contributed by atoms with Crippen molar-refractivity contribution in [2.75, 3.05) is 54.1 Å². The van der Waals surface area contributed by atoms with Gasteiger partial charge in [-0.05, 0) is 17.7 Å². The third-order valence-corrected chi connectivity index (χ3v) is 5.26. The summed E-state index contributed by atoms with van der Waals surface area (Å²) in [4.78, 5) is 4.11. The summed E-state index contributed by atoms with van der Waals surface area (Å²) < 4.78 is 16.5. The highest BCUT2D eigenvalue weighted by atomic mass is 16.5. The maximum Gasteiger partial charge on any atom is 0.203 e. The second-order valence-corrected chi connectivity index (χ2v) is 7.04. The number of methoxy groups -OCH3 is 3. The molecule has 1 heterocycles. The molecule has 5 heteroatoms. The van der Waals surface area contributed by atoms with Gasteiger partial charge in [-0.1, -0.05) is 42.5 Å². The minimum absolute atomic E-state index is 0.665. The summed E-state index contributed by atoms with van der Waals surface area (Å²) >= 11 is 0. The molecule has 0 saturated carbocycles. The topological polar surface area (TPSA) is 35.4 Å². The van der Waals surface area contributed by atoms with Crippen molar-refractivity contribution in [3.63, 3.8) is 0 Å². The van der Waals surface area contributed by atoms with Gasteiger partial charge in [-0.15, -0.1) is 0 Å². The molecule has 150 valence electrons. The minimum atomic E-state index is 0.665. The molecule has 0 aromatic heterocycles. The predicted octanol–water partition coefficient (Wildman–Crippen LogP) is 2.13. The van der Waals surface area contributed by atoms with Crippen LogP contribution < -0.4 is 19.1 Å². The van der Waals surface area contributed by atoms with Crippen LogP contribution in [-0.2, 0) is 6.54 Å². The second kappa shape index (κ2) is 10.2. The molecule has 1 saturated heterocycles. The van der Waals surface area contributed by atoms with Gasteiger partial charge in [-0.3, -0.25) is 4.90 Å². The first-order valence-electron chi connectivity index (χ1n) is 9.80. The molecular formula is C23H31N2O3+. The van der Waals surface area contributed by atoms with E-state index >= 15 is 0 Å². The summed E-state index contributed by atoms with van der Waals surface area (Å²) in [6, 6.07) is 14.5. The second-order valence-electron chi connectivity index (χ2n) is 7.04. The van der Waals surface area contributed by atoms with E-state index in [1.165, 1.54) is 5.56 Å². The van der Waals surface area contributed by atoms with Crippen LogP contribution in [0.5, 0.6) is 17.2 Å². The van der Waals surface area contributed by atoms with Gasteiger partial charge in [0.15, 0.2) is 11.5 Å². The Balaban J connectivity index is 1.54. The van der Waals surface area contributed by atoms with Crippen LogP contribution in [0.2, 0.25) is 0 Å². The molecule has 1 aliphatic heterocycles. The number of quaternary nitrogens is 1. The third kappa shape index (κ3) is 5.06. The number of nitrogens with one attached hydrogen (secondary N) is 1. The van der Waals surface area contributed by atoms with Gasteiger partial charge in [0, 0.05) is 25.2 Å². The van der Waals surface area contributed by atoms with Gasteiger partial charge in [-0.25, -0.2) is 0 Å². The van der Waals surface area contributed by atoms with Gasteiger partial charge >= 0.3 is 0 Å². The van der Waals surface area contributed by atoms with Crippen LogP contribution >= 0.6 is 0 Å². The minimum Gasteiger partial charge on any atom is -0.493 e. The van der Waals surface area contributed by atoms with Crippen molar-refractivity contribution in [2.24, 2.45) is 0 Å². The largest absolute Gasteiger partial charge is 0.493 e. The zero-order chi connectivity index (χ0) is 19.8. The first-order chi connectivity index (χ1) is 13.7. The number of hydrogen-bond donors (Lipinski definition) is 1. The van der Waals surface area contributed by atoms with Gasteiger partial charge in [0.05, 0.1) is 41.0 Å². The molecule has 0 aliphatic carbocycles. The third-order valence-electron chi connectivity index (χ3n) is 5.26. The van der Waals surface area contributed by atoms with Crippen molar-refractivity contribution in [2.45, 2.75) is 6.54 Å². The van der Waals surface area contributed by atoms with E-state index in [1.807, 2.05) is 6.07 Å². The smallest absolute Gasteiger partial charge is 0.203 e. The Morgan fingerprint density at radius 2 is 1.61 bits per heavy atom. The lowest BCUT2D eigenvalue weighted by Gasteiger charge is -2.32. The average molecular weight is 384 g/mol. The molecule has 0 spiro atoms. The summed E-state index contributed by atoms with van der Waals surface area (Å²) in [5.74, 6) is 2.13. The number of hydrogen-bond acceptors (Lipinski definition) is 4. The van der Waals surface area contributed by atoms with Crippen molar-refractivity contribution in [3.05, 3.63) is 59.7 Å². The molecule has 5 nitrogen and oxygen atoms in total. The van der Waals surface area contributed by atoms with Crippen LogP contribution in [0.4, 0.5) is 0 Å². The van der Waals surface area contributed by atoms with E-state index in [4.69, 9.17) is 14.2 Å². The summed E-state index contributed by atoms with van der Waals surface area (Å²) in [5.41, 5.74) is 2.40. The highest BCUT2D eigenvalue weighted by molar-refractivity contribution is 5.55. The zero-order valence-corrected chi connectivity index (χ0v) is 17.1. The van der Waals surface area contributed by atoms with E-state index in [9.17, 15) is 0 Å². The van der Waals surface area contributed by atoms with Crippen LogP contribution in [0.15, 0.2) is 48.5 Å². The number of ether oxygens (including phenoxy) is 3. The zero-order valence-electron chi connectivity index (χ0n) is 17.1. The molecular weight excluding hydrogens is 352 g/mol. The molecule has 1 aliphatic rings. The number of nitrogens with zero attached hydrogens (tertiary/aromatic N) is 1. The van der Waals surface area contributed by atoms with Crippen molar-refractivity contribution < 1.29 is 19.1 Å². The van der Waals surface area contributed by atoms with Crippen LogP contribution in [0, 0.1) is 0 Å². The molecule has 0 atom stereocenters. The number of piperazine rings is 1. The van der Waals surface area contributed by atoms with Crippen molar-refractivity contribution in [3.8, 4) is 17.2 Å². The molecule has 0 amide bonds. The Morgan fingerprint density at radius 3 is 2.25 bits per heavy atom. The fraction of sp³-hybridized carbons (Fsp3) is 0.391. The summed E-state index contributed by atoms with van der Waals surface area (Å²) in [7, 11) is 4.97. The van der Waals surface area contributed by atoms with Gasteiger partial charge < -0.3 is 19.1 Å². The molecule has 1 N–H and O–H groups in total. The normalized spacial score (nSPS) is 15.7. The van der Waals surface area contributed by atoms with E-state index in [0.29, 0.717) is 11.5 Å². The molecule has 2 aromatic carbocycles. The van der Waals surface area contributed by atoms with E-state index in [-0.39, 0.29) is 0 Å². The molecule has 2 aromatic rings. The monoisotopic (exact) mass is 383 g/mol. The Labute approximate surface area is 168 Å². The van der Waals surface area contributed by atoms with E-state index < -0.39 is 0 Å². The highest BCUT2D eigenvalue weighted by Gasteiger charge is 2.22. The lowest BCUT2D eigenvalue weighted by molar-refractivity contribution is -0.898. The Morgan fingerprint density at radius 1 is 0.893 bits per heavy atom. The van der Waals surface area contributed by atoms with Gasteiger partial charge in [0.2, 0.25) is 5.75 Å². The van der Waals surface area contributed by atoms with Crippen molar-refractivity contribution in [1.82, 2.24) is 4.90 Å². The number of benzene rings is 2. The van der Waals surface area contributed by atoms with E-state index in [1.54, 1.807) is 26.2 Å². The van der Waals surface area contributed by atoms with Gasteiger partial charge in [0.1, 0.15) is 0 Å². The quantitative estimate of drug-likeness (QED) is 0.758. The van der Waals surface area contributed by atoms with E-state index in [2.05, 4.69) is 53.5 Å². The van der Waals surface area contributed by atoms with E-state index in [0.717, 1.165) is 50.6 Å². The van der Waals surface area contributed by atoms with Gasteiger partial charge in [0.25, 0.3) is 0 Å². The molecule has 0 bridgehead atoms. The Hall–Kier alpha value is -2.50. The highest BCUT2D eigenvalue weighted by Crippen LogP contribution is 2.40. The first-order valence-corrected chi connectivity index (χ1v) is 9.80. The van der Waals surface area contributed by atoms with Crippen LogP contribution in [0.1, 0.15) is 11.1 Å². The lowest BCUT2D eigenvalue weighted by Crippen LogP contribution is -3.14. The summed E-state index contributed by atoms with van der Waals surface area (Å²) in [6.45, 7) is 6.38. The molecule has 28 heavy (non-hydrogen) atoms. The SMILES string of the molecule is COc1ccc(CN2CC[NH+](CC=Cc3ccccc3)CC2)c(OC)c1OC. The molecule has 0 radical (unpaired) electrons. The van der Waals surface area contributed by atoms with Crippen molar-refractivity contribution in [1.29, 1.82) is 0 Å². The Kier molecular flexibility index (Phi) is 7.34. The number of rotatable bonds is 8. The van der Waals surface area contributed by atoms with Crippen LogP contribution in [0.25, 0.3) is 6.08 Å². The van der Waals surface area contributed by atoms with Gasteiger partial charge in [-0.2, -0.15) is 0 Å². The van der Waals surface area contributed by atoms with Crippen LogP contribution in [0.3, 0.4) is 0 Å². The fourth-order valence-corrected chi connectivity index (χ4v) is 3.69. The van der Waals surface area contributed by atoms with Crippen LogP contribution in [-0.4, -0.2) is 59.0 Å². The fourth-order valence-electron chi connectivity index (χ4n) is 3.69. The molecule has 0 unspecified atom stereocenters. The summed E-state index contributed by atoms with van der Waals surface area (Å²) in [5, 5.41) is 0. The van der Waals surface area contributed by atoms with Crippen molar-refractivity contribution >= 4 is 6.08 Å². The molecule has 3 rings (SSSR count). The summed E-state index contributed by atoms with van der Waals surface area (Å²) in [6.07, 6.45) is 4.51. The lowest BCUT2D eigenvalue weighted by atomic mass is 10.1. The maximum absolute atomic E-state index is 5.62. The standard InChI is InChI=1S/C23H30N2O3/c1-26-21-12-11-20(22(27-2)23(21)28-3)18-25-16-14-24(15-17-25)13-7-10-19-8-5-4-6-9-19/h4-12H,13-18H2,1-3H3/p+1. The Bertz CT molecular complexity index is 769. The average Bonchev–Trinajstić information content (AvgIpc) is 2.75.